The maximum absolute atomic E-state index is 4.79. The fourth-order valence-corrected chi connectivity index (χ4v) is 4.93. The molecule has 0 radical (unpaired) electrons. The van der Waals surface area contributed by atoms with E-state index >= 15 is 0 Å². The topological polar surface area (TPSA) is 25.8 Å². The minimum absolute atomic E-state index is 0.131. The third-order valence-corrected chi connectivity index (χ3v) is 6.42. The van der Waals surface area contributed by atoms with Crippen molar-refractivity contribution in [1.82, 2.24) is 9.97 Å². The van der Waals surface area contributed by atoms with Crippen LogP contribution in [0.25, 0.3) is 0 Å². The van der Waals surface area contributed by atoms with Crippen LogP contribution in [0.15, 0.2) is 0 Å². The standard InChI is InChI=1S/C15H25N.C14H23N/c1-9(2)13-10(3)12(5)16-14(11(13)4)15(6,7)8;1-8(2)13-10(5)12(7)15-14(9(3)4)11(13)6/h9H,1-8H3;8-9H,1-7H3. The molecule has 0 atom stereocenters. The van der Waals surface area contributed by atoms with Crippen LogP contribution in [0, 0.1) is 41.5 Å². The smallest absolute Gasteiger partial charge is 0.0492 e. The molecule has 0 aliphatic heterocycles. The molecule has 174 valence electrons. The lowest BCUT2D eigenvalue weighted by molar-refractivity contribution is 0.558. The molecule has 0 N–H and O–H groups in total. The predicted molar refractivity (Wildman–Crippen MR) is 138 cm³/mol. The van der Waals surface area contributed by atoms with Crippen molar-refractivity contribution in [2.45, 2.75) is 127 Å². The van der Waals surface area contributed by atoms with E-state index in [1.54, 1.807) is 0 Å². The van der Waals surface area contributed by atoms with Gasteiger partial charge in [0.25, 0.3) is 0 Å². The molecule has 0 aliphatic carbocycles. The van der Waals surface area contributed by atoms with E-state index in [2.05, 4.69) is 104 Å². The fraction of sp³-hybridized carbons (Fsp3) is 0.655. The first kappa shape index (κ1) is 27.3. The van der Waals surface area contributed by atoms with Gasteiger partial charge in [-0.1, -0.05) is 62.3 Å². The fourth-order valence-electron chi connectivity index (χ4n) is 4.93. The Morgan fingerprint density at radius 1 is 0.516 bits per heavy atom. The van der Waals surface area contributed by atoms with Gasteiger partial charge in [-0.15, -0.1) is 0 Å². The van der Waals surface area contributed by atoms with E-state index in [4.69, 9.17) is 9.97 Å². The van der Waals surface area contributed by atoms with Crippen LogP contribution in [0.5, 0.6) is 0 Å². The molecule has 0 fully saturated rings. The maximum atomic E-state index is 4.79. The van der Waals surface area contributed by atoms with Gasteiger partial charge in [0.2, 0.25) is 0 Å². The summed E-state index contributed by atoms with van der Waals surface area (Å²) in [5.41, 5.74) is 13.5. The third-order valence-electron chi connectivity index (χ3n) is 6.42. The molecule has 31 heavy (non-hydrogen) atoms. The lowest BCUT2D eigenvalue weighted by Gasteiger charge is -2.26. The summed E-state index contributed by atoms with van der Waals surface area (Å²) < 4.78 is 0. The molecule has 0 saturated heterocycles. The van der Waals surface area contributed by atoms with Gasteiger partial charge in [0.1, 0.15) is 0 Å². The van der Waals surface area contributed by atoms with Crippen LogP contribution in [0.4, 0.5) is 0 Å². The Bertz CT molecular complexity index is 910. The van der Waals surface area contributed by atoms with E-state index in [0.717, 1.165) is 0 Å². The molecule has 2 aromatic rings. The summed E-state index contributed by atoms with van der Waals surface area (Å²) in [6.07, 6.45) is 0. The quantitative estimate of drug-likeness (QED) is 0.492. The number of pyridine rings is 2. The summed E-state index contributed by atoms with van der Waals surface area (Å²) in [6, 6.07) is 0. The maximum Gasteiger partial charge on any atom is 0.0492 e. The van der Waals surface area contributed by atoms with Crippen molar-refractivity contribution in [2.75, 3.05) is 0 Å². The molecule has 0 unspecified atom stereocenters. The van der Waals surface area contributed by atoms with Crippen molar-refractivity contribution in [1.29, 1.82) is 0 Å². The molecular formula is C29H48N2. The summed E-state index contributed by atoms with van der Waals surface area (Å²) in [7, 11) is 0. The zero-order valence-electron chi connectivity index (χ0n) is 23.1. The molecule has 0 spiro atoms. The molecule has 2 heteroatoms. The van der Waals surface area contributed by atoms with Gasteiger partial charge in [-0.3, -0.25) is 9.97 Å². The molecular weight excluding hydrogens is 376 g/mol. The first-order chi connectivity index (χ1) is 14.0. The monoisotopic (exact) mass is 424 g/mol. The molecule has 0 amide bonds. The summed E-state index contributed by atoms with van der Waals surface area (Å²) >= 11 is 0. The number of nitrogens with zero attached hydrogens (tertiary/aromatic N) is 2. The van der Waals surface area contributed by atoms with Gasteiger partial charge in [-0.2, -0.15) is 0 Å². The number of hydrogen-bond donors (Lipinski definition) is 0. The molecule has 0 saturated carbocycles. The summed E-state index contributed by atoms with van der Waals surface area (Å²) in [5.74, 6) is 1.67. The molecule has 2 heterocycles. The van der Waals surface area contributed by atoms with E-state index in [9.17, 15) is 0 Å². The minimum atomic E-state index is 0.131. The van der Waals surface area contributed by atoms with Crippen LogP contribution in [0.2, 0.25) is 0 Å². The van der Waals surface area contributed by atoms with Gasteiger partial charge in [-0.25, -0.2) is 0 Å². The van der Waals surface area contributed by atoms with Crippen LogP contribution >= 0.6 is 0 Å². The molecule has 2 rings (SSSR count). The number of aromatic nitrogens is 2. The molecule has 2 aromatic heterocycles. The van der Waals surface area contributed by atoms with Crippen LogP contribution in [-0.2, 0) is 5.41 Å². The van der Waals surface area contributed by atoms with Gasteiger partial charge in [0, 0.05) is 28.2 Å². The van der Waals surface area contributed by atoms with Crippen molar-refractivity contribution in [3.8, 4) is 0 Å². The highest BCUT2D eigenvalue weighted by Gasteiger charge is 2.23. The van der Waals surface area contributed by atoms with Crippen LogP contribution in [0.3, 0.4) is 0 Å². The van der Waals surface area contributed by atoms with Crippen molar-refractivity contribution in [3.63, 3.8) is 0 Å². The van der Waals surface area contributed by atoms with E-state index in [1.165, 1.54) is 56.2 Å². The van der Waals surface area contributed by atoms with E-state index in [1.807, 2.05) is 0 Å². The Labute approximate surface area is 193 Å². The first-order valence-corrected chi connectivity index (χ1v) is 12.0. The van der Waals surface area contributed by atoms with E-state index in [0.29, 0.717) is 17.8 Å². The average Bonchev–Trinajstić information content (AvgIpc) is 2.60. The van der Waals surface area contributed by atoms with Crippen LogP contribution in [0.1, 0.15) is 136 Å². The average molecular weight is 425 g/mol. The highest BCUT2D eigenvalue weighted by molar-refractivity contribution is 5.43. The highest BCUT2D eigenvalue weighted by Crippen LogP contribution is 2.32. The Morgan fingerprint density at radius 3 is 1.26 bits per heavy atom. The zero-order valence-corrected chi connectivity index (χ0v) is 23.1. The molecule has 0 aromatic carbocycles. The first-order valence-electron chi connectivity index (χ1n) is 12.0. The van der Waals surface area contributed by atoms with Crippen molar-refractivity contribution in [3.05, 3.63) is 56.2 Å². The number of rotatable bonds is 3. The summed E-state index contributed by atoms with van der Waals surface area (Å²) in [4.78, 5) is 9.50. The Morgan fingerprint density at radius 2 is 0.903 bits per heavy atom. The molecule has 2 nitrogen and oxygen atoms in total. The van der Waals surface area contributed by atoms with Crippen molar-refractivity contribution >= 4 is 0 Å². The number of hydrogen-bond acceptors (Lipinski definition) is 2. The second-order valence-electron chi connectivity index (χ2n) is 11.2. The predicted octanol–water partition coefficient (Wildman–Crippen LogP) is 8.68. The second kappa shape index (κ2) is 10.3. The minimum Gasteiger partial charge on any atom is -0.257 e. The Kier molecular flexibility index (Phi) is 9.06. The van der Waals surface area contributed by atoms with E-state index in [-0.39, 0.29) is 5.41 Å². The SMILES string of the molecule is Cc1nc(C(C)(C)C)c(C)c(C(C)C)c1C.Cc1nc(C(C)C)c(C)c(C(C)C)c1C. The third kappa shape index (κ3) is 6.18. The zero-order chi connectivity index (χ0) is 24.4. The van der Waals surface area contributed by atoms with Gasteiger partial charge >= 0.3 is 0 Å². The number of aryl methyl sites for hydroxylation is 2. The van der Waals surface area contributed by atoms with Crippen LogP contribution in [-0.4, -0.2) is 9.97 Å². The lowest BCUT2D eigenvalue weighted by Crippen LogP contribution is -2.19. The summed E-state index contributed by atoms with van der Waals surface area (Å²) in [5, 5.41) is 0. The van der Waals surface area contributed by atoms with Gasteiger partial charge in [0.15, 0.2) is 0 Å². The van der Waals surface area contributed by atoms with Crippen LogP contribution < -0.4 is 0 Å². The Hall–Kier alpha value is -1.70. The largest absolute Gasteiger partial charge is 0.257 e. The molecule has 0 aliphatic rings. The Balaban J connectivity index is 0.000000311. The lowest BCUT2D eigenvalue weighted by atomic mass is 9.83. The highest BCUT2D eigenvalue weighted by atomic mass is 14.7. The van der Waals surface area contributed by atoms with Crippen molar-refractivity contribution < 1.29 is 0 Å². The van der Waals surface area contributed by atoms with Gasteiger partial charge in [0.05, 0.1) is 0 Å². The molecule has 0 bridgehead atoms. The normalized spacial score (nSPS) is 11.9. The van der Waals surface area contributed by atoms with E-state index < -0.39 is 0 Å². The summed E-state index contributed by atoms with van der Waals surface area (Å²) in [6.45, 7) is 33.3. The van der Waals surface area contributed by atoms with Crippen molar-refractivity contribution in [2.24, 2.45) is 0 Å². The van der Waals surface area contributed by atoms with Gasteiger partial charge in [-0.05, 0) is 92.7 Å². The van der Waals surface area contributed by atoms with Gasteiger partial charge < -0.3 is 0 Å². The second-order valence-corrected chi connectivity index (χ2v) is 11.2.